The molecule has 0 aromatic heterocycles. The fraction of sp³-hybridized carbons (Fsp3) is 0.400. The third kappa shape index (κ3) is 3.40. The number of aliphatic hydroxyl groups is 1. The van der Waals surface area contributed by atoms with Crippen molar-refractivity contribution in [2.75, 3.05) is 0 Å². The molecule has 130 valence electrons. The summed E-state index contributed by atoms with van der Waals surface area (Å²) in [5.74, 6) is -3.08. The molecule has 0 radical (unpaired) electrons. The number of nitrogens with zero attached hydrogens (tertiary/aromatic N) is 1. The number of carbonyl (C=O) groups excluding carboxylic acids is 2. The molecule has 1 aromatic carbocycles. The van der Waals surface area contributed by atoms with E-state index in [0.29, 0.717) is 4.90 Å². The van der Waals surface area contributed by atoms with E-state index in [1.54, 1.807) is 0 Å². The number of imide groups is 1. The topological polar surface area (TPSA) is 94.9 Å². The first-order valence-electron chi connectivity index (χ1n) is 7.09. The fourth-order valence-corrected chi connectivity index (χ4v) is 2.52. The highest BCUT2D eigenvalue weighted by Crippen LogP contribution is 2.28. The average molecular weight is 345 g/mol. The quantitative estimate of drug-likeness (QED) is 0.767. The smallest absolute Gasteiger partial charge is 0.414 e. The number of hydrogen-bond donors (Lipinski definition) is 2. The summed E-state index contributed by atoms with van der Waals surface area (Å²) in [5, 5.41) is 18.2. The van der Waals surface area contributed by atoms with Crippen LogP contribution in [0.5, 0.6) is 0 Å². The van der Waals surface area contributed by atoms with Crippen LogP contribution in [0.3, 0.4) is 0 Å². The lowest BCUT2D eigenvalue weighted by atomic mass is 10.1. The predicted octanol–water partition coefficient (Wildman–Crippen LogP) is 1.83. The molecule has 2 N–H and O–H groups in total. The maximum absolute atomic E-state index is 12.3. The van der Waals surface area contributed by atoms with Gasteiger partial charge in [-0.3, -0.25) is 14.5 Å². The molecular weight excluding hydrogens is 331 g/mol. The molecule has 1 heterocycles. The second kappa shape index (κ2) is 6.60. The summed E-state index contributed by atoms with van der Waals surface area (Å²) < 4.78 is 36.8. The number of alkyl halides is 3. The zero-order chi connectivity index (χ0) is 18.1. The Morgan fingerprint density at radius 2 is 1.58 bits per heavy atom. The average Bonchev–Trinajstić information content (AvgIpc) is 2.75. The lowest BCUT2D eigenvalue weighted by Gasteiger charge is -2.23. The van der Waals surface area contributed by atoms with Crippen molar-refractivity contribution in [3.63, 3.8) is 0 Å². The number of rotatable bonds is 6. The van der Waals surface area contributed by atoms with Gasteiger partial charge in [0, 0.05) is 0 Å². The van der Waals surface area contributed by atoms with Crippen LogP contribution in [0.25, 0.3) is 0 Å². The highest BCUT2D eigenvalue weighted by atomic mass is 19.4. The maximum Gasteiger partial charge on any atom is 0.414 e. The summed E-state index contributed by atoms with van der Waals surface area (Å²) in [6, 6.07) is 4.20. The van der Waals surface area contributed by atoms with Crippen LogP contribution in [0.1, 0.15) is 40.0 Å². The number of hydrogen-bond acceptors (Lipinski definition) is 4. The molecule has 0 bridgehead atoms. The molecular formula is C15H14F3NO5. The van der Waals surface area contributed by atoms with E-state index in [9.17, 15) is 32.7 Å². The molecule has 0 fully saturated rings. The van der Waals surface area contributed by atoms with Crippen molar-refractivity contribution in [1.29, 1.82) is 0 Å². The van der Waals surface area contributed by atoms with Crippen LogP contribution >= 0.6 is 0 Å². The van der Waals surface area contributed by atoms with Crippen LogP contribution in [-0.2, 0) is 4.79 Å². The predicted molar refractivity (Wildman–Crippen MR) is 74.3 cm³/mol. The largest absolute Gasteiger partial charge is 0.480 e. The lowest BCUT2D eigenvalue weighted by Crippen LogP contribution is -2.45. The Hall–Kier alpha value is -2.42. The normalized spacial score (nSPS) is 16.9. The second-order valence-electron chi connectivity index (χ2n) is 5.37. The second-order valence-corrected chi connectivity index (χ2v) is 5.37. The number of benzene rings is 1. The molecule has 2 rings (SSSR count). The fourth-order valence-electron chi connectivity index (χ4n) is 2.52. The van der Waals surface area contributed by atoms with E-state index in [2.05, 4.69) is 0 Å². The minimum absolute atomic E-state index is 0.0593. The van der Waals surface area contributed by atoms with Crippen LogP contribution in [0.15, 0.2) is 24.3 Å². The standard InChI is InChI=1S/C15H14F3NO5/c16-15(17,18)11(20)7-3-6-10(14(23)24)19-12(21)8-4-1-2-5-9(8)13(19)22/h1-2,4-5,10-11,20H,3,6-7H2,(H,23,24)/t10-,11?/m0/s1. The minimum atomic E-state index is -4.80. The van der Waals surface area contributed by atoms with Gasteiger partial charge in [-0.25, -0.2) is 4.79 Å². The molecule has 2 amide bonds. The number of halogens is 3. The van der Waals surface area contributed by atoms with E-state index in [4.69, 9.17) is 5.11 Å². The number of aliphatic carboxylic acids is 1. The molecule has 1 unspecified atom stereocenters. The van der Waals surface area contributed by atoms with Crippen LogP contribution in [-0.4, -0.2) is 51.2 Å². The molecule has 0 saturated carbocycles. The molecule has 0 spiro atoms. The van der Waals surface area contributed by atoms with Crippen molar-refractivity contribution < 1.29 is 37.8 Å². The SMILES string of the molecule is O=C(O)[C@H](CCCC(O)C(F)(F)F)N1C(=O)c2ccccc2C1=O. The van der Waals surface area contributed by atoms with E-state index in [0.717, 1.165) is 0 Å². The van der Waals surface area contributed by atoms with E-state index < -0.39 is 42.5 Å². The number of carbonyl (C=O) groups is 3. The van der Waals surface area contributed by atoms with E-state index in [-0.39, 0.29) is 24.0 Å². The molecule has 1 aromatic rings. The van der Waals surface area contributed by atoms with Gasteiger partial charge in [-0.2, -0.15) is 13.2 Å². The van der Waals surface area contributed by atoms with Gasteiger partial charge >= 0.3 is 12.1 Å². The van der Waals surface area contributed by atoms with Crippen molar-refractivity contribution in [3.8, 4) is 0 Å². The first kappa shape index (κ1) is 17.9. The summed E-state index contributed by atoms with van der Waals surface area (Å²) in [7, 11) is 0. The van der Waals surface area contributed by atoms with Crippen LogP contribution in [0.4, 0.5) is 13.2 Å². The molecule has 0 saturated heterocycles. The van der Waals surface area contributed by atoms with Gasteiger partial charge in [0.25, 0.3) is 11.8 Å². The Labute approximate surface area is 134 Å². The molecule has 6 nitrogen and oxygen atoms in total. The first-order valence-corrected chi connectivity index (χ1v) is 7.09. The Morgan fingerprint density at radius 3 is 2.00 bits per heavy atom. The Balaban J connectivity index is 2.11. The van der Waals surface area contributed by atoms with E-state index in [1.165, 1.54) is 24.3 Å². The Bertz CT molecular complexity index is 638. The third-order valence-corrected chi connectivity index (χ3v) is 3.76. The van der Waals surface area contributed by atoms with Gasteiger partial charge in [-0.05, 0) is 31.4 Å². The van der Waals surface area contributed by atoms with Gasteiger partial charge in [-0.15, -0.1) is 0 Å². The molecule has 1 aliphatic heterocycles. The minimum Gasteiger partial charge on any atom is -0.480 e. The Morgan fingerprint density at radius 1 is 1.08 bits per heavy atom. The Kier molecular flexibility index (Phi) is 4.93. The highest BCUT2D eigenvalue weighted by molar-refractivity contribution is 6.22. The highest BCUT2D eigenvalue weighted by Gasteiger charge is 2.43. The molecule has 9 heteroatoms. The monoisotopic (exact) mass is 345 g/mol. The number of fused-ring (bicyclic) bond motifs is 1. The molecule has 2 atom stereocenters. The molecule has 1 aliphatic rings. The summed E-state index contributed by atoms with van der Waals surface area (Å²) in [4.78, 5) is 36.4. The zero-order valence-electron chi connectivity index (χ0n) is 12.3. The van der Waals surface area contributed by atoms with E-state index >= 15 is 0 Å². The van der Waals surface area contributed by atoms with Gasteiger partial charge in [0.05, 0.1) is 11.1 Å². The van der Waals surface area contributed by atoms with Crippen LogP contribution in [0.2, 0.25) is 0 Å². The third-order valence-electron chi connectivity index (χ3n) is 3.76. The van der Waals surface area contributed by atoms with Crippen LogP contribution in [0, 0.1) is 0 Å². The van der Waals surface area contributed by atoms with Crippen LogP contribution < -0.4 is 0 Å². The first-order chi connectivity index (χ1) is 11.1. The number of amides is 2. The zero-order valence-corrected chi connectivity index (χ0v) is 12.3. The van der Waals surface area contributed by atoms with Gasteiger partial charge < -0.3 is 10.2 Å². The molecule has 24 heavy (non-hydrogen) atoms. The summed E-state index contributed by atoms with van der Waals surface area (Å²) in [6.45, 7) is 0. The van der Waals surface area contributed by atoms with Crippen molar-refractivity contribution in [2.45, 2.75) is 37.6 Å². The van der Waals surface area contributed by atoms with Crippen molar-refractivity contribution in [1.82, 2.24) is 4.90 Å². The van der Waals surface area contributed by atoms with Crippen molar-refractivity contribution >= 4 is 17.8 Å². The van der Waals surface area contributed by atoms with E-state index in [1.807, 2.05) is 0 Å². The number of aliphatic hydroxyl groups excluding tert-OH is 1. The van der Waals surface area contributed by atoms with Gasteiger partial charge in [0.1, 0.15) is 12.1 Å². The lowest BCUT2D eigenvalue weighted by molar-refractivity contribution is -0.205. The van der Waals surface area contributed by atoms with Gasteiger partial charge in [-0.1, -0.05) is 12.1 Å². The molecule has 0 aliphatic carbocycles. The summed E-state index contributed by atoms with van der Waals surface area (Å²) in [5.41, 5.74) is 0.119. The summed E-state index contributed by atoms with van der Waals surface area (Å²) >= 11 is 0. The number of carboxylic acid groups (broad SMARTS) is 1. The maximum atomic E-state index is 12.3. The summed E-state index contributed by atoms with van der Waals surface area (Å²) in [6.07, 6.45) is -8.78. The number of carboxylic acids is 1. The van der Waals surface area contributed by atoms with Crippen molar-refractivity contribution in [3.05, 3.63) is 35.4 Å². The van der Waals surface area contributed by atoms with Crippen molar-refractivity contribution in [2.24, 2.45) is 0 Å². The van der Waals surface area contributed by atoms with Gasteiger partial charge in [0.2, 0.25) is 0 Å². The van der Waals surface area contributed by atoms with Gasteiger partial charge in [0.15, 0.2) is 0 Å².